The van der Waals surface area contributed by atoms with Gasteiger partial charge in [0.1, 0.15) is 10.6 Å². The summed E-state index contributed by atoms with van der Waals surface area (Å²) in [6.07, 6.45) is 3.74. The van der Waals surface area contributed by atoms with E-state index in [1.165, 1.54) is 0 Å². The smallest absolute Gasteiger partial charge is 0.268 e. The van der Waals surface area contributed by atoms with Crippen molar-refractivity contribution < 1.29 is 10.0 Å². The molecule has 1 amide bonds. The van der Waals surface area contributed by atoms with Gasteiger partial charge in [0.15, 0.2) is 0 Å². The van der Waals surface area contributed by atoms with Gasteiger partial charge in [-0.05, 0) is 27.6 Å². The third-order valence-electron chi connectivity index (χ3n) is 3.43. The van der Waals surface area contributed by atoms with Crippen molar-refractivity contribution in [1.82, 2.24) is 20.2 Å². The number of aromatic nitrogens is 3. The zero-order chi connectivity index (χ0) is 15.5. The SMILES string of the molecule is O=C(NO)C(Cc1ccccc1)n1ncc2cc(Br)ncc21. The normalized spacial score (nSPS) is 12.3. The van der Waals surface area contributed by atoms with Crippen LogP contribution in [0.3, 0.4) is 0 Å². The first-order valence-corrected chi connectivity index (χ1v) is 7.45. The Morgan fingerprint density at radius 3 is 2.82 bits per heavy atom. The van der Waals surface area contributed by atoms with Crippen LogP contribution in [0.15, 0.2) is 53.4 Å². The fraction of sp³-hybridized carbons (Fsp3) is 0.133. The minimum Gasteiger partial charge on any atom is -0.289 e. The van der Waals surface area contributed by atoms with Gasteiger partial charge in [-0.2, -0.15) is 5.10 Å². The van der Waals surface area contributed by atoms with Crippen LogP contribution in [0, 0.1) is 0 Å². The van der Waals surface area contributed by atoms with Gasteiger partial charge in [-0.15, -0.1) is 0 Å². The topological polar surface area (TPSA) is 80.0 Å². The quantitative estimate of drug-likeness (QED) is 0.425. The largest absolute Gasteiger partial charge is 0.289 e. The fourth-order valence-electron chi connectivity index (χ4n) is 2.37. The number of nitrogens with zero attached hydrogens (tertiary/aromatic N) is 3. The van der Waals surface area contributed by atoms with Crippen LogP contribution in [0.5, 0.6) is 0 Å². The summed E-state index contributed by atoms with van der Waals surface area (Å²) in [6, 6.07) is 10.8. The van der Waals surface area contributed by atoms with Gasteiger partial charge in [0.05, 0.1) is 17.9 Å². The van der Waals surface area contributed by atoms with Crippen LogP contribution in [0.1, 0.15) is 11.6 Å². The zero-order valence-electron chi connectivity index (χ0n) is 11.5. The van der Waals surface area contributed by atoms with Gasteiger partial charge in [0.25, 0.3) is 5.91 Å². The lowest BCUT2D eigenvalue weighted by Gasteiger charge is -2.16. The van der Waals surface area contributed by atoms with E-state index in [0.29, 0.717) is 11.0 Å². The maximum Gasteiger partial charge on any atom is 0.268 e. The first kappa shape index (κ1) is 14.7. The summed E-state index contributed by atoms with van der Waals surface area (Å²) in [7, 11) is 0. The summed E-state index contributed by atoms with van der Waals surface area (Å²) in [4.78, 5) is 16.3. The Bertz CT molecular complexity index is 804. The van der Waals surface area contributed by atoms with Crippen molar-refractivity contribution in [2.24, 2.45) is 0 Å². The maximum absolute atomic E-state index is 12.1. The average molecular weight is 361 g/mol. The fourth-order valence-corrected chi connectivity index (χ4v) is 2.72. The summed E-state index contributed by atoms with van der Waals surface area (Å²) in [5, 5.41) is 14.2. The molecule has 22 heavy (non-hydrogen) atoms. The molecule has 0 spiro atoms. The number of carbonyl (C=O) groups excluding carboxylic acids is 1. The predicted molar refractivity (Wildman–Crippen MR) is 84.3 cm³/mol. The first-order chi connectivity index (χ1) is 10.7. The average Bonchev–Trinajstić information content (AvgIpc) is 2.95. The second-order valence-electron chi connectivity index (χ2n) is 4.84. The summed E-state index contributed by atoms with van der Waals surface area (Å²) >= 11 is 3.31. The highest BCUT2D eigenvalue weighted by molar-refractivity contribution is 9.10. The number of halogens is 1. The van der Waals surface area contributed by atoms with Crippen molar-refractivity contribution in [2.75, 3.05) is 0 Å². The lowest BCUT2D eigenvalue weighted by Crippen LogP contribution is -2.32. The van der Waals surface area contributed by atoms with E-state index in [-0.39, 0.29) is 0 Å². The highest BCUT2D eigenvalue weighted by Gasteiger charge is 2.23. The van der Waals surface area contributed by atoms with E-state index in [4.69, 9.17) is 5.21 Å². The van der Waals surface area contributed by atoms with Crippen molar-refractivity contribution in [3.05, 3.63) is 59.0 Å². The van der Waals surface area contributed by atoms with Crippen LogP contribution in [0.4, 0.5) is 0 Å². The minimum absolute atomic E-state index is 0.417. The molecule has 3 rings (SSSR count). The Labute approximate surface area is 134 Å². The number of benzene rings is 1. The molecule has 2 N–H and O–H groups in total. The molecule has 1 aromatic carbocycles. The van der Waals surface area contributed by atoms with Gasteiger partial charge in [-0.3, -0.25) is 14.7 Å². The monoisotopic (exact) mass is 360 g/mol. The van der Waals surface area contributed by atoms with E-state index >= 15 is 0 Å². The van der Waals surface area contributed by atoms with Gasteiger partial charge in [0.2, 0.25) is 0 Å². The number of carbonyl (C=O) groups is 1. The molecule has 6 nitrogen and oxygen atoms in total. The molecule has 0 fully saturated rings. The highest BCUT2D eigenvalue weighted by Crippen LogP contribution is 2.22. The van der Waals surface area contributed by atoms with E-state index in [1.807, 2.05) is 36.4 Å². The van der Waals surface area contributed by atoms with E-state index in [2.05, 4.69) is 26.0 Å². The van der Waals surface area contributed by atoms with Crippen molar-refractivity contribution in [3.63, 3.8) is 0 Å². The van der Waals surface area contributed by atoms with E-state index in [1.54, 1.807) is 22.6 Å². The molecule has 1 unspecified atom stereocenters. The second kappa shape index (κ2) is 6.25. The van der Waals surface area contributed by atoms with E-state index < -0.39 is 11.9 Å². The third-order valence-corrected chi connectivity index (χ3v) is 3.86. The van der Waals surface area contributed by atoms with Crippen LogP contribution in [0.2, 0.25) is 0 Å². The molecular weight excluding hydrogens is 348 g/mol. The van der Waals surface area contributed by atoms with Crippen molar-refractivity contribution in [2.45, 2.75) is 12.5 Å². The molecule has 112 valence electrons. The Kier molecular flexibility index (Phi) is 4.17. The summed E-state index contributed by atoms with van der Waals surface area (Å²) < 4.78 is 2.28. The molecule has 2 heterocycles. The van der Waals surface area contributed by atoms with Gasteiger partial charge in [-0.25, -0.2) is 10.5 Å². The molecule has 0 saturated carbocycles. The number of pyridine rings is 1. The Balaban J connectivity index is 2.02. The molecule has 0 radical (unpaired) electrons. The molecule has 7 heteroatoms. The number of amides is 1. The number of hydrogen-bond acceptors (Lipinski definition) is 4. The van der Waals surface area contributed by atoms with Gasteiger partial charge < -0.3 is 0 Å². The van der Waals surface area contributed by atoms with Crippen LogP contribution < -0.4 is 5.48 Å². The predicted octanol–water partition coefficient (Wildman–Crippen LogP) is 2.48. The standard InChI is InChI=1S/C15H13BrN4O2/c16-14-7-11-8-18-20(13(11)9-17-14)12(15(21)19-22)6-10-4-2-1-3-5-10/h1-5,7-9,12,22H,6H2,(H,19,21). The molecule has 0 bridgehead atoms. The lowest BCUT2D eigenvalue weighted by molar-refractivity contribution is -0.132. The molecule has 3 aromatic rings. The number of hydroxylamine groups is 1. The third kappa shape index (κ3) is 2.86. The number of hydrogen-bond donors (Lipinski definition) is 2. The molecule has 0 aliphatic rings. The first-order valence-electron chi connectivity index (χ1n) is 6.65. The van der Waals surface area contributed by atoms with Crippen molar-refractivity contribution >= 4 is 32.7 Å². The summed E-state index contributed by atoms with van der Waals surface area (Å²) in [5.41, 5.74) is 3.43. The van der Waals surface area contributed by atoms with Crippen LogP contribution >= 0.6 is 15.9 Å². The second-order valence-corrected chi connectivity index (χ2v) is 5.65. The molecule has 0 saturated heterocycles. The van der Waals surface area contributed by atoms with Crippen LogP contribution in [-0.2, 0) is 11.2 Å². The Morgan fingerprint density at radius 1 is 1.32 bits per heavy atom. The number of nitrogens with one attached hydrogen (secondary N) is 1. The minimum atomic E-state index is -0.659. The van der Waals surface area contributed by atoms with Gasteiger partial charge in [-0.1, -0.05) is 30.3 Å². The van der Waals surface area contributed by atoms with Crippen LogP contribution in [0.25, 0.3) is 10.9 Å². The Hall–Kier alpha value is -2.25. The molecule has 0 aliphatic heterocycles. The molecule has 2 aromatic heterocycles. The van der Waals surface area contributed by atoms with Crippen molar-refractivity contribution in [1.29, 1.82) is 0 Å². The highest BCUT2D eigenvalue weighted by atomic mass is 79.9. The summed E-state index contributed by atoms with van der Waals surface area (Å²) in [5.74, 6) is -0.517. The zero-order valence-corrected chi connectivity index (χ0v) is 13.1. The molecule has 1 atom stereocenters. The lowest BCUT2D eigenvalue weighted by atomic mass is 10.1. The van der Waals surface area contributed by atoms with E-state index in [9.17, 15) is 4.79 Å². The number of fused-ring (bicyclic) bond motifs is 1. The van der Waals surface area contributed by atoms with Crippen molar-refractivity contribution in [3.8, 4) is 0 Å². The number of rotatable bonds is 4. The van der Waals surface area contributed by atoms with Gasteiger partial charge in [0, 0.05) is 11.8 Å². The molecule has 0 aliphatic carbocycles. The van der Waals surface area contributed by atoms with E-state index in [0.717, 1.165) is 16.5 Å². The summed E-state index contributed by atoms with van der Waals surface area (Å²) in [6.45, 7) is 0. The van der Waals surface area contributed by atoms with Crippen LogP contribution in [-0.4, -0.2) is 25.9 Å². The Morgan fingerprint density at radius 2 is 2.09 bits per heavy atom. The maximum atomic E-state index is 12.1. The molecular formula is C15H13BrN4O2. The van der Waals surface area contributed by atoms with Gasteiger partial charge >= 0.3 is 0 Å².